The molecule has 0 bridgehead atoms. The van der Waals surface area contributed by atoms with E-state index in [4.69, 9.17) is 4.74 Å². The maximum atomic E-state index is 5.44. The van der Waals surface area contributed by atoms with Gasteiger partial charge in [-0.15, -0.1) is 0 Å². The molecule has 2 rings (SSSR count). The fourth-order valence-corrected chi connectivity index (χ4v) is 1.86. The lowest BCUT2D eigenvalue weighted by molar-refractivity contribution is 0.128. The molecule has 0 radical (unpaired) electrons. The minimum absolute atomic E-state index is 0.413. The van der Waals surface area contributed by atoms with E-state index in [9.17, 15) is 0 Å². The van der Waals surface area contributed by atoms with Crippen LogP contribution in [-0.4, -0.2) is 16.8 Å². The van der Waals surface area contributed by atoms with Crippen molar-refractivity contribution in [3.05, 3.63) is 17.0 Å². The Morgan fingerprint density at radius 2 is 2.29 bits per heavy atom. The Morgan fingerprint density at radius 1 is 1.50 bits per heavy atom. The summed E-state index contributed by atoms with van der Waals surface area (Å²) in [5.74, 6) is 0. The van der Waals surface area contributed by atoms with Crippen LogP contribution in [0, 0.1) is 0 Å². The van der Waals surface area contributed by atoms with Crippen molar-refractivity contribution >= 4 is 0 Å². The monoisotopic (exact) mass is 195 g/mol. The van der Waals surface area contributed by atoms with Gasteiger partial charge in [-0.25, -0.2) is 0 Å². The van der Waals surface area contributed by atoms with Crippen LogP contribution in [0.2, 0.25) is 0 Å². The van der Waals surface area contributed by atoms with E-state index < -0.39 is 0 Å². The minimum Gasteiger partial charge on any atom is -0.370 e. The molecule has 0 unspecified atom stereocenters. The number of fused-ring (bicyclic) bond motifs is 1. The molecule has 78 valence electrons. The SMILES string of the molecule is CNCc1nn(C(C)C)c2c1COC2. The summed E-state index contributed by atoms with van der Waals surface area (Å²) in [5.41, 5.74) is 3.67. The molecular weight excluding hydrogens is 178 g/mol. The maximum Gasteiger partial charge on any atom is 0.0893 e. The topological polar surface area (TPSA) is 39.1 Å². The van der Waals surface area contributed by atoms with E-state index in [0.717, 1.165) is 18.8 Å². The number of nitrogens with zero attached hydrogens (tertiary/aromatic N) is 2. The molecule has 1 N–H and O–H groups in total. The van der Waals surface area contributed by atoms with Gasteiger partial charge in [0.25, 0.3) is 0 Å². The van der Waals surface area contributed by atoms with Gasteiger partial charge in [0.1, 0.15) is 0 Å². The number of nitrogens with one attached hydrogen (secondary N) is 1. The van der Waals surface area contributed by atoms with Crippen LogP contribution in [-0.2, 0) is 24.5 Å². The summed E-state index contributed by atoms with van der Waals surface area (Å²) in [5, 5.41) is 7.73. The van der Waals surface area contributed by atoms with Crippen molar-refractivity contribution in [1.82, 2.24) is 15.1 Å². The van der Waals surface area contributed by atoms with Crippen LogP contribution in [0.4, 0.5) is 0 Å². The maximum absolute atomic E-state index is 5.44. The molecule has 14 heavy (non-hydrogen) atoms. The molecule has 1 aliphatic heterocycles. The predicted molar refractivity (Wildman–Crippen MR) is 53.9 cm³/mol. The summed E-state index contributed by atoms with van der Waals surface area (Å²) in [7, 11) is 1.94. The summed E-state index contributed by atoms with van der Waals surface area (Å²) in [6.45, 7) is 6.55. The third kappa shape index (κ3) is 1.44. The fourth-order valence-electron chi connectivity index (χ4n) is 1.86. The second-order valence-corrected chi connectivity index (χ2v) is 3.93. The summed E-state index contributed by atoms with van der Waals surface area (Å²) >= 11 is 0. The molecule has 1 aromatic rings. The second-order valence-electron chi connectivity index (χ2n) is 3.93. The molecule has 0 saturated carbocycles. The van der Waals surface area contributed by atoms with E-state index >= 15 is 0 Å². The van der Waals surface area contributed by atoms with E-state index in [1.165, 1.54) is 11.3 Å². The van der Waals surface area contributed by atoms with Gasteiger partial charge in [-0.3, -0.25) is 4.68 Å². The van der Waals surface area contributed by atoms with E-state index in [1.807, 2.05) is 7.05 Å². The fraction of sp³-hybridized carbons (Fsp3) is 0.700. The van der Waals surface area contributed by atoms with Gasteiger partial charge in [0.2, 0.25) is 0 Å². The van der Waals surface area contributed by atoms with Crippen molar-refractivity contribution < 1.29 is 4.74 Å². The van der Waals surface area contributed by atoms with Crippen molar-refractivity contribution in [1.29, 1.82) is 0 Å². The molecule has 0 spiro atoms. The third-order valence-electron chi connectivity index (χ3n) is 2.52. The van der Waals surface area contributed by atoms with E-state index in [0.29, 0.717) is 12.6 Å². The average Bonchev–Trinajstić information content (AvgIpc) is 2.67. The largest absolute Gasteiger partial charge is 0.370 e. The van der Waals surface area contributed by atoms with E-state index in [1.54, 1.807) is 0 Å². The van der Waals surface area contributed by atoms with Gasteiger partial charge in [-0.2, -0.15) is 5.10 Å². The van der Waals surface area contributed by atoms with Gasteiger partial charge in [-0.05, 0) is 20.9 Å². The Hall–Kier alpha value is -0.870. The Kier molecular flexibility index (Phi) is 2.56. The van der Waals surface area contributed by atoms with Gasteiger partial charge in [0, 0.05) is 18.2 Å². The quantitative estimate of drug-likeness (QED) is 0.788. The predicted octanol–water partition coefficient (Wildman–Crippen LogP) is 1.21. The lowest BCUT2D eigenvalue weighted by Gasteiger charge is -2.08. The molecule has 1 aromatic heterocycles. The number of aromatic nitrogens is 2. The zero-order valence-electron chi connectivity index (χ0n) is 9.00. The van der Waals surface area contributed by atoms with Crippen LogP contribution < -0.4 is 5.32 Å². The number of ether oxygens (including phenoxy) is 1. The van der Waals surface area contributed by atoms with Crippen LogP contribution in [0.1, 0.15) is 36.8 Å². The van der Waals surface area contributed by atoms with Crippen LogP contribution in [0.25, 0.3) is 0 Å². The van der Waals surface area contributed by atoms with Crippen LogP contribution in [0.15, 0.2) is 0 Å². The molecule has 4 heteroatoms. The van der Waals surface area contributed by atoms with Gasteiger partial charge in [0.15, 0.2) is 0 Å². The standard InChI is InChI=1S/C10H17N3O/c1-7(2)13-10-6-14-5-8(10)9(12-13)4-11-3/h7,11H,4-6H2,1-3H3. The molecule has 4 nitrogen and oxygen atoms in total. The van der Waals surface area contributed by atoms with Crippen LogP contribution in [0.5, 0.6) is 0 Å². The first kappa shape index (κ1) is 9.68. The second kappa shape index (κ2) is 3.71. The molecular formula is C10H17N3O. The number of hydrogen-bond acceptors (Lipinski definition) is 3. The zero-order chi connectivity index (χ0) is 10.1. The van der Waals surface area contributed by atoms with Gasteiger partial charge < -0.3 is 10.1 Å². The average molecular weight is 195 g/mol. The zero-order valence-corrected chi connectivity index (χ0v) is 9.00. The summed E-state index contributed by atoms with van der Waals surface area (Å²) in [6, 6.07) is 0.413. The molecule has 0 atom stereocenters. The highest BCUT2D eigenvalue weighted by atomic mass is 16.5. The molecule has 0 aromatic carbocycles. The third-order valence-corrected chi connectivity index (χ3v) is 2.52. The lowest BCUT2D eigenvalue weighted by atomic mass is 10.2. The Morgan fingerprint density at radius 3 is 2.93 bits per heavy atom. The highest BCUT2D eigenvalue weighted by molar-refractivity contribution is 5.28. The van der Waals surface area contributed by atoms with Gasteiger partial charge in [0.05, 0.1) is 24.6 Å². The lowest BCUT2D eigenvalue weighted by Crippen LogP contribution is -2.10. The van der Waals surface area contributed by atoms with Crippen LogP contribution in [0.3, 0.4) is 0 Å². The van der Waals surface area contributed by atoms with Crippen molar-refractivity contribution in [3.8, 4) is 0 Å². The first-order valence-corrected chi connectivity index (χ1v) is 5.05. The summed E-state index contributed by atoms with van der Waals surface area (Å²) in [6.07, 6.45) is 0. The molecule has 1 aliphatic rings. The van der Waals surface area contributed by atoms with Crippen molar-refractivity contribution in [2.24, 2.45) is 0 Å². The molecule has 0 amide bonds. The van der Waals surface area contributed by atoms with Crippen molar-refractivity contribution in [3.63, 3.8) is 0 Å². The van der Waals surface area contributed by atoms with Gasteiger partial charge >= 0.3 is 0 Å². The number of rotatable bonds is 3. The van der Waals surface area contributed by atoms with E-state index in [2.05, 4.69) is 28.9 Å². The summed E-state index contributed by atoms with van der Waals surface area (Å²) < 4.78 is 7.52. The van der Waals surface area contributed by atoms with E-state index in [-0.39, 0.29) is 0 Å². The Labute approximate surface area is 84.3 Å². The van der Waals surface area contributed by atoms with Gasteiger partial charge in [-0.1, -0.05) is 0 Å². The molecule has 0 saturated heterocycles. The van der Waals surface area contributed by atoms with Crippen molar-refractivity contribution in [2.45, 2.75) is 39.6 Å². The smallest absolute Gasteiger partial charge is 0.0893 e. The first-order valence-electron chi connectivity index (χ1n) is 5.05. The summed E-state index contributed by atoms with van der Waals surface area (Å²) in [4.78, 5) is 0. The first-order chi connectivity index (χ1) is 6.74. The minimum atomic E-state index is 0.413. The molecule has 2 heterocycles. The molecule has 0 fully saturated rings. The normalized spacial score (nSPS) is 15.1. The Balaban J connectivity index is 2.39. The van der Waals surface area contributed by atoms with Crippen LogP contribution >= 0.6 is 0 Å². The van der Waals surface area contributed by atoms with Crippen molar-refractivity contribution in [2.75, 3.05) is 7.05 Å². The Bertz CT molecular complexity index is 330. The highest BCUT2D eigenvalue weighted by Crippen LogP contribution is 2.25. The highest BCUT2D eigenvalue weighted by Gasteiger charge is 2.23. The number of hydrogen-bond donors (Lipinski definition) is 1. The molecule has 0 aliphatic carbocycles.